The van der Waals surface area contributed by atoms with E-state index in [0.717, 1.165) is 42.9 Å². The van der Waals surface area contributed by atoms with Crippen LogP contribution in [0.25, 0.3) is 0 Å². The second kappa shape index (κ2) is 7.49. The third-order valence-corrected chi connectivity index (χ3v) is 4.03. The van der Waals surface area contributed by atoms with Crippen LogP contribution in [0.2, 0.25) is 0 Å². The molecule has 1 fully saturated rings. The van der Waals surface area contributed by atoms with Gasteiger partial charge in [0.1, 0.15) is 0 Å². The molecule has 2 aliphatic rings. The van der Waals surface area contributed by atoms with E-state index in [0.29, 0.717) is 38.7 Å². The second-order valence-electron chi connectivity index (χ2n) is 5.90. The van der Waals surface area contributed by atoms with Gasteiger partial charge in [-0.2, -0.15) is 0 Å². The number of nitrogens with one attached hydrogen (secondary N) is 1. The maximum absolute atomic E-state index is 12.0. The average Bonchev–Trinajstić information content (AvgIpc) is 2.78. The third-order valence-electron chi connectivity index (χ3n) is 4.03. The Morgan fingerprint density at radius 3 is 2.82 bits per heavy atom. The zero-order valence-electron chi connectivity index (χ0n) is 12.8. The van der Waals surface area contributed by atoms with E-state index in [9.17, 15) is 4.79 Å². The minimum absolute atomic E-state index is 0.0858. The molecule has 0 spiro atoms. The monoisotopic (exact) mass is 305 g/mol. The SMILES string of the molecule is O=C(CC1CCCOC1)NCc1ccc2c(c1)OCCCO2. The van der Waals surface area contributed by atoms with Gasteiger partial charge in [0.2, 0.25) is 5.91 Å². The van der Waals surface area contributed by atoms with E-state index in [1.54, 1.807) is 0 Å². The largest absolute Gasteiger partial charge is 0.490 e. The minimum Gasteiger partial charge on any atom is -0.490 e. The molecule has 22 heavy (non-hydrogen) atoms. The van der Waals surface area contributed by atoms with Crippen molar-refractivity contribution in [1.82, 2.24) is 5.32 Å². The zero-order chi connectivity index (χ0) is 15.2. The summed E-state index contributed by atoms with van der Waals surface area (Å²) in [5, 5.41) is 2.98. The summed E-state index contributed by atoms with van der Waals surface area (Å²) in [5.74, 6) is 2.00. The Balaban J connectivity index is 1.50. The molecular formula is C17H23NO4. The predicted octanol–water partition coefficient (Wildman–Crippen LogP) is 2.28. The smallest absolute Gasteiger partial charge is 0.220 e. The van der Waals surface area contributed by atoms with Crippen LogP contribution >= 0.6 is 0 Å². The number of hydrogen-bond donors (Lipinski definition) is 1. The molecule has 1 atom stereocenters. The van der Waals surface area contributed by atoms with Crippen LogP contribution in [-0.4, -0.2) is 32.3 Å². The van der Waals surface area contributed by atoms with E-state index in [2.05, 4.69) is 5.32 Å². The van der Waals surface area contributed by atoms with Crippen molar-refractivity contribution in [3.63, 3.8) is 0 Å². The van der Waals surface area contributed by atoms with E-state index < -0.39 is 0 Å². The molecule has 0 aliphatic carbocycles. The first-order valence-corrected chi connectivity index (χ1v) is 8.04. The molecule has 1 amide bonds. The lowest BCUT2D eigenvalue weighted by molar-refractivity contribution is -0.123. The number of amides is 1. The first-order chi connectivity index (χ1) is 10.8. The standard InChI is InChI=1S/C17H23NO4/c19-17(10-14-3-1-6-20-12-14)18-11-13-4-5-15-16(9-13)22-8-2-7-21-15/h4-5,9,14H,1-3,6-8,10-12H2,(H,18,19). The fraction of sp³-hybridized carbons (Fsp3) is 0.588. The van der Waals surface area contributed by atoms with Crippen LogP contribution < -0.4 is 14.8 Å². The maximum atomic E-state index is 12.0. The topological polar surface area (TPSA) is 56.8 Å². The molecule has 2 aliphatic heterocycles. The van der Waals surface area contributed by atoms with Gasteiger partial charge in [0.25, 0.3) is 0 Å². The van der Waals surface area contributed by atoms with Gasteiger partial charge in [-0.25, -0.2) is 0 Å². The molecule has 1 aromatic carbocycles. The Kier molecular flexibility index (Phi) is 5.16. The number of ether oxygens (including phenoxy) is 3. The van der Waals surface area contributed by atoms with Crippen LogP contribution in [0.5, 0.6) is 11.5 Å². The zero-order valence-corrected chi connectivity index (χ0v) is 12.8. The Morgan fingerprint density at radius 2 is 2.00 bits per heavy atom. The van der Waals surface area contributed by atoms with Crippen LogP contribution in [0.4, 0.5) is 0 Å². The van der Waals surface area contributed by atoms with Crippen LogP contribution in [0.15, 0.2) is 18.2 Å². The van der Waals surface area contributed by atoms with Gasteiger partial charge >= 0.3 is 0 Å². The van der Waals surface area contributed by atoms with Crippen molar-refractivity contribution >= 4 is 5.91 Å². The summed E-state index contributed by atoms with van der Waals surface area (Å²) >= 11 is 0. The lowest BCUT2D eigenvalue weighted by Crippen LogP contribution is -2.28. The van der Waals surface area contributed by atoms with Gasteiger partial charge in [0.05, 0.1) is 13.2 Å². The van der Waals surface area contributed by atoms with Gasteiger partial charge in [-0.15, -0.1) is 0 Å². The molecule has 2 heterocycles. The van der Waals surface area contributed by atoms with E-state index in [4.69, 9.17) is 14.2 Å². The quantitative estimate of drug-likeness (QED) is 0.927. The van der Waals surface area contributed by atoms with Crippen molar-refractivity contribution in [2.45, 2.75) is 32.2 Å². The average molecular weight is 305 g/mol. The highest BCUT2D eigenvalue weighted by Gasteiger charge is 2.17. The van der Waals surface area contributed by atoms with E-state index in [-0.39, 0.29) is 5.91 Å². The van der Waals surface area contributed by atoms with Crippen molar-refractivity contribution < 1.29 is 19.0 Å². The highest BCUT2D eigenvalue weighted by molar-refractivity contribution is 5.76. The van der Waals surface area contributed by atoms with Crippen molar-refractivity contribution in [1.29, 1.82) is 0 Å². The van der Waals surface area contributed by atoms with E-state index >= 15 is 0 Å². The molecule has 0 saturated carbocycles. The number of benzene rings is 1. The van der Waals surface area contributed by atoms with Gasteiger partial charge < -0.3 is 19.5 Å². The molecule has 1 aromatic rings. The number of fused-ring (bicyclic) bond motifs is 1. The molecular weight excluding hydrogens is 282 g/mol. The molecule has 5 heteroatoms. The van der Waals surface area contributed by atoms with E-state index in [1.807, 2.05) is 18.2 Å². The molecule has 1 saturated heterocycles. The molecule has 3 rings (SSSR count). The van der Waals surface area contributed by atoms with Crippen molar-refractivity contribution in [3.05, 3.63) is 23.8 Å². The summed E-state index contributed by atoms with van der Waals surface area (Å²) in [7, 11) is 0. The van der Waals surface area contributed by atoms with E-state index in [1.165, 1.54) is 0 Å². The van der Waals surface area contributed by atoms with Crippen LogP contribution in [-0.2, 0) is 16.1 Å². The Bertz CT molecular complexity index is 511. The first kappa shape index (κ1) is 15.2. The summed E-state index contributed by atoms with van der Waals surface area (Å²) in [6.07, 6.45) is 3.58. The Morgan fingerprint density at radius 1 is 1.14 bits per heavy atom. The van der Waals surface area contributed by atoms with Crippen LogP contribution in [0.1, 0.15) is 31.2 Å². The molecule has 0 aromatic heterocycles. The molecule has 0 bridgehead atoms. The number of carbonyl (C=O) groups excluding carboxylic acids is 1. The summed E-state index contributed by atoms with van der Waals surface area (Å²) in [5.41, 5.74) is 1.03. The maximum Gasteiger partial charge on any atom is 0.220 e. The highest BCUT2D eigenvalue weighted by Crippen LogP contribution is 2.30. The van der Waals surface area contributed by atoms with Crippen molar-refractivity contribution in [2.75, 3.05) is 26.4 Å². The lowest BCUT2D eigenvalue weighted by Gasteiger charge is -2.21. The fourth-order valence-electron chi connectivity index (χ4n) is 2.82. The van der Waals surface area contributed by atoms with Crippen molar-refractivity contribution in [2.24, 2.45) is 5.92 Å². The number of rotatable bonds is 4. The third kappa shape index (κ3) is 4.13. The number of carbonyl (C=O) groups is 1. The molecule has 1 N–H and O–H groups in total. The van der Waals surface area contributed by atoms with Crippen LogP contribution in [0, 0.1) is 5.92 Å². The Hall–Kier alpha value is -1.75. The van der Waals surface area contributed by atoms with Gasteiger partial charge in [0, 0.05) is 32.6 Å². The van der Waals surface area contributed by atoms with Crippen LogP contribution in [0.3, 0.4) is 0 Å². The van der Waals surface area contributed by atoms with Gasteiger partial charge in [-0.1, -0.05) is 6.07 Å². The van der Waals surface area contributed by atoms with Crippen molar-refractivity contribution in [3.8, 4) is 11.5 Å². The van der Waals surface area contributed by atoms with Gasteiger partial charge in [0.15, 0.2) is 11.5 Å². The normalized spacial score (nSPS) is 21.0. The second-order valence-corrected chi connectivity index (χ2v) is 5.90. The summed E-state index contributed by atoms with van der Waals surface area (Å²) in [6.45, 7) is 3.41. The predicted molar refractivity (Wildman–Crippen MR) is 82.1 cm³/mol. The number of hydrogen-bond acceptors (Lipinski definition) is 4. The molecule has 120 valence electrons. The summed E-state index contributed by atoms with van der Waals surface area (Å²) in [6, 6.07) is 5.83. The van der Waals surface area contributed by atoms with Gasteiger partial charge in [-0.3, -0.25) is 4.79 Å². The summed E-state index contributed by atoms with van der Waals surface area (Å²) < 4.78 is 16.7. The molecule has 1 unspecified atom stereocenters. The molecule has 0 radical (unpaired) electrons. The molecule has 5 nitrogen and oxygen atoms in total. The lowest BCUT2D eigenvalue weighted by atomic mass is 9.98. The van der Waals surface area contributed by atoms with Gasteiger partial charge in [-0.05, 0) is 36.5 Å². The Labute approximate surface area is 130 Å². The summed E-state index contributed by atoms with van der Waals surface area (Å²) in [4.78, 5) is 12.0. The first-order valence-electron chi connectivity index (χ1n) is 8.04. The fourth-order valence-corrected chi connectivity index (χ4v) is 2.82. The highest BCUT2D eigenvalue weighted by atomic mass is 16.5. The minimum atomic E-state index is 0.0858.